The van der Waals surface area contributed by atoms with Gasteiger partial charge >= 0.3 is 0 Å². The van der Waals surface area contributed by atoms with E-state index in [-0.39, 0.29) is 34.0 Å². The van der Waals surface area contributed by atoms with Gasteiger partial charge in [0.1, 0.15) is 5.69 Å². The summed E-state index contributed by atoms with van der Waals surface area (Å²) >= 11 is 12.3. The number of anilines is 1. The van der Waals surface area contributed by atoms with Crippen molar-refractivity contribution < 1.29 is 9.72 Å². The third kappa shape index (κ3) is 5.68. The summed E-state index contributed by atoms with van der Waals surface area (Å²) in [5.41, 5.74) is 4.68. The largest absolute Gasteiger partial charge is 0.366 e. The van der Waals surface area contributed by atoms with Gasteiger partial charge in [-0.05, 0) is 97.2 Å². The van der Waals surface area contributed by atoms with E-state index in [1.165, 1.54) is 11.1 Å². The molecule has 3 aromatic rings. The van der Waals surface area contributed by atoms with E-state index in [1.807, 2.05) is 53.4 Å². The van der Waals surface area contributed by atoms with E-state index in [0.717, 1.165) is 67.6 Å². The molecule has 0 radical (unpaired) electrons. The molecule has 7 nitrogen and oxygen atoms in total. The van der Waals surface area contributed by atoms with Crippen LogP contribution in [0.25, 0.3) is 6.08 Å². The first-order chi connectivity index (χ1) is 20.3. The van der Waals surface area contributed by atoms with Crippen molar-refractivity contribution in [3.63, 3.8) is 0 Å². The van der Waals surface area contributed by atoms with E-state index < -0.39 is 0 Å². The maximum Gasteiger partial charge on any atom is 0.293 e. The topological polar surface area (TPSA) is 79.0 Å². The number of nitro benzene ring substituents is 1. The number of hydrogen-bond acceptors (Lipinski definition) is 5. The molecule has 0 bridgehead atoms. The Morgan fingerprint density at radius 3 is 2.31 bits per heavy atom. The Bertz CT molecular complexity index is 1560. The van der Waals surface area contributed by atoms with Crippen LogP contribution in [0, 0.1) is 22.0 Å². The van der Waals surface area contributed by atoms with E-state index in [4.69, 9.17) is 28.3 Å². The van der Waals surface area contributed by atoms with Crippen LogP contribution in [0.5, 0.6) is 0 Å². The molecule has 1 aliphatic carbocycles. The lowest BCUT2D eigenvalue weighted by molar-refractivity contribution is -0.384. The molecule has 0 aromatic heterocycles. The number of rotatable bonds is 5. The van der Waals surface area contributed by atoms with Crippen LogP contribution in [0.15, 0.2) is 77.4 Å². The summed E-state index contributed by atoms with van der Waals surface area (Å²) in [6.45, 7) is 3.77. The van der Waals surface area contributed by atoms with Crippen LogP contribution in [0.2, 0.25) is 10.0 Å². The summed E-state index contributed by atoms with van der Waals surface area (Å²) < 4.78 is 0. The quantitative estimate of drug-likeness (QED) is 0.216. The number of allylic oxidation sites excluding steroid dienone is 1. The van der Waals surface area contributed by atoms with Gasteiger partial charge in [-0.25, -0.2) is 5.01 Å². The second-order valence-corrected chi connectivity index (χ2v) is 12.4. The van der Waals surface area contributed by atoms with Gasteiger partial charge in [-0.1, -0.05) is 54.4 Å². The highest BCUT2D eigenvalue weighted by molar-refractivity contribution is 6.30. The number of fused-ring (bicyclic) bond motifs is 1. The molecule has 1 saturated carbocycles. The minimum Gasteiger partial charge on any atom is -0.366 e. The number of carbonyl (C=O) groups excluding carboxylic acids is 1. The number of amides is 1. The van der Waals surface area contributed by atoms with Crippen molar-refractivity contribution in [3.05, 3.63) is 109 Å². The van der Waals surface area contributed by atoms with Crippen molar-refractivity contribution in [2.75, 3.05) is 18.0 Å². The molecule has 9 heteroatoms. The molecule has 3 aliphatic rings. The molecule has 6 rings (SSSR count). The summed E-state index contributed by atoms with van der Waals surface area (Å²) in [7, 11) is 0. The first-order valence-corrected chi connectivity index (χ1v) is 15.2. The molecule has 0 spiro atoms. The zero-order valence-electron chi connectivity index (χ0n) is 23.4. The predicted octanol–water partition coefficient (Wildman–Crippen LogP) is 8.57. The monoisotopic (exact) mass is 602 g/mol. The summed E-state index contributed by atoms with van der Waals surface area (Å²) in [6.07, 6.45) is 6.94. The van der Waals surface area contributed by atoms with Gasteiger partial charge < -0.3 is 4.90 Å². The lowest BCUT2D eigenvalue weighted by Crippen LogP contribution is -2.33. The molecule has 2 heterocycles. The minimum atomic E-state index is -0.387. The number of piperidine rings is 1. The molecule has 216 valence electrons. The van der Waals surface area contributed by atoms with Crippen LogP contribution in [0.4, 0.5) is 11.4 Å². The molecular weight excluding hydrogens is 571 g/mol. The van der Waals surface area contributed by atoms with E-state index in [9.17, 15) is 14.9 Å². The zero-order valence-corrected chi connectivity index (χ0v) is 24.9. The van der Waals surface area contributed by atoms with Gasteiger partial charge in [-0.3, -0.25) is 14.9 Å². The van der Waals surface area contributed by atoms with Crippen molar-refractivity contribution in [1.82, 2.24) is 5.01 Å². The van der Waals surface area contributed by atoms with Crippen LogP contribution in [0.3, 0.4) is 0 Å². The van der Waals surface area contributed by atoms with Crippen LogP contribution in [0.1, 0.15) is 66.6 Å². The molecule has 1 amide bonds. The average Bonchev–Trinajstić information content (AvgIpc) is 3.38. The number of hydrazone groups is 1. The smallest absolute Gasteiger partial charge is 0.293 e. The fourth-order valence-corrected chi connectivity index (χ4v) is 6.80. The van der Waals surface area contributed by atoms with E-state index in [2.05, 4.69) is 13.0 Å². The Morgan fingerprint density at radius 2 is 1.64 bits per heavy atom. The Kier molecular flexibility index (Phi) is 8.06. The predicted molar refractivity (Wildman–Crippen MR) is 168 cm³/mol. The fraction of sp³-hybridized carbons (Fsp3) is 0.333. The average molecular weight is 604 g/mol. The molecule has 3 atom stereocenters. The minimum absolute atomic E-state index is 0.0277. The first-order valence-electron chi connectivity index (χ1n) is 14.5. The SMILES string of the molecule is CC1CC(=Cc2ccc(Cl)cc2)C2=NN(C(=O)c3ccc(N4CCCCC4)c([N+](=O)[O-])c3)C(c3ccc(Cl)cc3)C2C1. The summed E-state index contributed by atoms with van der Waals surface area (Å²) in [6, 6.07) is 19.7. The van der Waals surface area contributed by atoms with Crippen LogP contribution in [-0.4, -0.2) is 34.6 Å². The van der Waals surface area contributed by atoms with Crippen LogP contribution >= 0.6 is 23.2 Å². The number of carbonyl (C=O) groups is 1. The first kappa shape index (κ1) is 28.4. The van der Waals surface area contributed by atoms with Gasteiger partial charge in [-0.15, -0.1) is 0 Å². The fourth-order valence-electron chi connectivity index (χ4n) is 6.55. The van der Waals surface area contributed by atoms with Gasteiger partial charge in [0.05, 0.1) is 16.7 Å². The van der Waals surface area contributed by atoms with Crippen LogP contribution in [-0.2, 0) is 0 Å². The molecule has 3 unspecified atom stereocenters. The highest BCUT2D eigenvalue weighted by Crippen LogP contribution is 2.47. The molecule has 2 fully saturated rings. The third-order valence-electron chi connectivity index (χ3n) is 8.51. The van der Waals surface area contributed by atoms with Gasteiger partial charge in [0, 0.05) is 40.7 Å². The summed E-state index contributed by atoms with van der Waals surface area (Å²) in [5, 5.41) is 20.0. The maximum atomic E-state index is 14.2. The summed E-state index contributed by atoms with van der Waals surface area (Å²) in [5.74, 6) is -0.00839. The number of nitro groups is 1. The van der Waals surface area contributed by atoms with Gasteiger partial charge in [0.25, 0.3) is 11.6 Å². The highest BCUT2D eigenvalue weighted by atomic mass is 35.5. The maximum absolute atomic E-state index is 14.2. The number of benzene rings is 3. The van der Waals surface area contributed by atoms with Gasteiger partial charge in [0.15, 0.2) is 0 Å². The highest BCUT2D eigenvalue weighted by Gasteiger charge is 2.45. The standard InChI is InChI=1S/C33H32Cl2N4O3/c1-21-17-25(19-22-5-10-26(34)11-6-22)31-28(18-21)32(23-7-12-27(35)13-8-23)38(36-31)33(40)24-9-14-29(30(20-24)39(41)42)37-15-3-2-4-16-37/h5-14,19-21,28,32H,2-4,15-18H2,1H3. The third-order valence-corrected chi connectivity index (χ3v) is 9.02. The number of hydrogen-bond donors (Lipinski definition) is 0. The molecule has 42 heavy (non-hydrogen) atoms. The Morgan fingerprint density at radius 1 is 0.976 bits per heavy atom. The van der Waals surface area contributed by atoms with E-state index in [0.29, 0.717) is 21.7 Å². The lowest BCUT2D eigenvalue weighted by atomic mass is 9.73. The molecular formula is C33H32Cl2N4O3. The van der Waals surface area contributed by atoms with Gasteiger partial charge in [-0.2, -0.15) is 5.10 Å². The second-order valence-electron chi connectivity index (χ2n) is 11.5. The van der Waals surface area contributed by atoms with Crippen molar-refractivity contribution in [2.45, 2.75) is 45.1 Å². The zero-order chi connectivity index (χ0) is 29.4. The molecule has 3 aromatic carbocycles. The van der Waals surface area contributed by atoms with Crippen molar-refractivity contribution >= 4 is 52.3 Å². The lowest BCUT2D eigenvalue weighted by Gasteiger charge is -2.32. The van der Waals surface area contributed by atoms with E-state index >= 15 is 0 Å². The van der Waals surface area contributed by atoms with Gasteiger partial charge in [0.2, 0.25) is 0 Å². The van der Waals surface area contributed by atoms with Crippen molar-refractivity contribution in [3.8, 4) is 0 Å². The molecule has 1 saturated heterocycles. The number of halogens is 2. The van der Waals surface area contributed by atoms with E-state index in [1.54, 1.807) is 12.1 Å². The number of nitrogens with zero attached hydrogens (tertiary/aromatic N) is 4. The normalized spacial score (nSPS) is 23.1. The Balaban J connectivity index is 1.41. The second kappa shape index (κ2) is 11.9. The Hall–Kier alpha value is -3.68. The molecule has 0 N–H and O–H groups in total. The van der Waals surface area contributed by atoms with Crippen molar-refractivity contribution in [2.24, 2.45) is 16.9 Å². The summed E-state index contributed by atoms with van der Waals surface area (Å²) in [4.78, 5) is 28.0. The Labute approximate surface area is 255 Å². The van der Waals surface area contributed by atoms with Crippen LogP contribution < -0.4 is 4.90 Å². The van der Waals surface area contributed by atoms with Crippen molar-refractivity contribution in [1.29, 1.82) is 0 Å². The molecule has 2 aliphatic heterocycles.